The van der Waals surface area contributed by atoms with Gasteiger partial charge in [-0.15, -0.1) is 11.3 Å². The summed E-state index contributed by atoms with van der Waals surface area (Å²) in [7, 11) is -3.88. The second-order valence-electron chi connectivity index (χ2n) is 6.27. The molecule has 0 saturated heterocycles. The first-order valence-corrected chi connectivity index (χ1v) is 11.3. The zero-order valence-corrected chi connectivity index (χ0v) is 17.6. The van der Waals surface area contributed by atoms with Gasteiger partial charge in [0.25, 0.3) is 0 Å². The van der Waals surface area contributed by atoms with Crippen molar-refractivity contribution >= 4 is 39.0 Å². The normalized spacial score (nSPS) is 12.2. The highest BCUT2D eigenvalue weighted by Gasteiger charge is 2.24. The summed E-state index contributed by atoms with van der Waals surface area (Å²) < 4.78 is 26.6. The summed E-state index contributed by atoms with van der Waals surface area (Å²) in [6.45, 7) is -0.953. The first kappa shape index (κ1) is 23.5. The summed E-state index contributed by atoms with van der Waals surface area (Å²) in [6, 6.07) is 10.4. The number of aliphatic hydroxyl groups excluding tert-OH is 1. The molecule has 30 heavy (non-hydrogen) atoms. The molecule has 1 atom stereocenters. The fourth-order valence-electron chi connectivity index (χ4n) is 2.38. The van der Waals surface area contributed by atoms with E-state index >= 15 is 0 Å². The molecule has 2 rings (SSSR count). The Bertz CT molecular complexity index is 991. The lowest BCUT2D eigenvalue weighted by molar-refractivity contribution is -0.127. The first-order chi connectivity index (χ1) is 14.2. The first-order valence-electron chi connectivity index (χ1n) is 8.82. The molecule has 1 aromatic carbocycles. The summed E-state index contributed by atoms with van der Waals surface area (Å²) in [6.07, 6.45) is 0. The maximum Gasteiger partial charge on any atom is 0.240 e. The lowest BCUT2D eigenvalue weighted by Gasteiger charge is -2.16. The molecule has 0 radical (unpaired) electrons. The quantitative estimate of drug-likeness (QED) is 0.193. The Morgan fingerprint density at radius 1 is 1.13 bits per heavy atom. The minimum Gasteiger partial charge on any atom is -0.394 e. The van der Waals surface area contributed by atoms with Crippen molar-refractivity contribution in [1.29, 1.82) is 5.41 Å². The van der Waals surface area contributed by atoms with E-state index in [-0.39, 0.29) is 24.7 Å². The Morgan fingerprint density at radius 3 is 2.43 bits per heavy atom. The minimum absolute atomic E-state index is 0.0606. The molecule has 12 heteroatoms. The van der Waals surface area contributed by atoms with Crippen LogP contribution in [0.2, 0.25) is 0 Å². The number of nitrogen functional groups attached to an aromatic ring is 1. The van der Waals surface area contributed by atoms with Gasteiger partial charge in [-0.05, 0) is 17.7 Å². The van der Waals surface area contributed by atoms with E-state index in [9.17, 15) is 23.1 Å². The van der Waals surface area contributed by atoms with Crippen molar-refractivity contribution < 1.29 is 23.1 Å². The van der Waals surface area contributed by atoms with E-state index in [1.165, 1.54) is 11.3 Å². The van der Waals surface area contributed by atoms with Gasteiger partial charge in [0.05, 0.1) is 30.3 Å². The number of thiophene rings is 1. The van der Waals surface area contributed by atoms with Crippen LogP contribution in [0, 0.1) is 5.41 Å². The third kappa shape index (κ3) is 7.55. The third-order valence-corrected chi connectivity index (χ3v) is 6.31. The van der Waals surface area contributed by atoms with Crippen molar-refractivity contribution in [2.75, 3.05) is 13.2 Å². The molecule has 2 aromatic rings. The highest BCUT2D eigenvalue weighted by atomic mass is 32.2. The van der Waals surface area contributed by atoms with Crippen LogP contribution in [0.15, 0.2) is 42.5 Å². The Balaban J connectivity index is 1.81. The summed E-state index contributed by atoms with van der Waals surface area (Å²) in [4.78, 5) is 25.4. The van der Waals surface area contributed by atoms with E-state index in [1.54, 1.807) is 42.5 Å². The van der Waals surface area contributed by atoms with E-state index in [0.717, 1.165) is 4.88 Å². The molecule has 162 valence electrons. The van der Waals surface area contributed by atoms with E-state index in [4.69, 9.17) is 11.1 Å². The van der Waals surface area contributed by atoms with Crippen molar-refractivity contribution in [2.24, 2.45) is 5.73 Å². The van der Waals surface area contributed by atoms with Gasteiger partial charge in [0, 0.05) is 4.88 Å². The smallest absolute Gasteiger partial charge is 0.240 e. The summed E-state index contributed by atoms with van der Waals surface area (Å²) >= 11 is 1.26. The average Bonchev–Trinajstić information content (AvgIpc) is 3.18. The highest BCUT2D eigenvalue weighted by Crippen LogP contribution is 2.15. The molecule has 0 aliphatic rings. The number of aliphatic hydroxyl groups is 1. The molecular formula is C18H23N5O5S2. The molecular weight excluding hydrogens is 430 g/mol. The van der Waals surface area contributed by atoms with E-state index < -0.39 is 34.5 Å². The number of nitrogens with two attached hydrogens (primary N) is 1. The molecule has 10 nitrogen and oxygen atoms in total. The van der Waals surface area contributed by atoms with Crippen LogP contribution in [0.3, 0.4) is 0 Å². The number of nitrogens with one attached hydrogen (secondary N) is 4. The fraction of sp³-hybridized carbons (Fsp3) is 0.278. The predicted molar refractivity (Wildman–Crippen MR) is 113 cm³/mol. The third-order valence-electron chi connectivity index (χ3n) is 3.83. The predicted octanol–water partition coefficient (Wildman–Crippen LogP) is -0.755. The van der Waals surface area contributed by atoms with Crippen molar-refractivity contribution in [2.45, 2.75) is 18.3 Å². The van der Waals surface area contributed by atoms with Crippen LogP contribution in [0.5, 0.6) is 0 Å². The maximum absolute atomic E-state index is 12.2. The van der Waals surface area contributed by atoms with Crippen LogP contribution < -0.4 is 21.1 Å². The number of hydrogen-bond acceptors (Lipinski definition) is 7. The molecule has 1 aromatic heterocycles. The topological polar surface area (TPSA) is 174 Å². The van der Waals surface area contributed by atoms with Crippen LogP contribution >= 0.6 is 11.3 Å². The molecule has 7 N–H and O–H groups in total. The zero-order valence-electron chi connectivity index (χ0n) is 15.9. The standard InChI is InChI=1S/C18H23N5O5S2/c19-17(20)15-7-6-13(29-15)8-21-16(25)9-22-18(26)14(10-24)23-30(27,28)11-12-4-2-1-3-5-12/h1-7,14,23-24H,8-11H2,(H3,19,20)(H,21,25)(H,22,26)/t14-/m1/s1. The summed E-state index contributed by atoms with van der Waals surface area (Å²) in [5.41, 5.74) is 5.91. The van der Waals surface area contributed by atoms with Crippen molar-refractivity contribution in [1.82, 2.24) is 15.4 Å². The molecule has 0 aliphatic heterocycles. The second kappa shape index (κ2) is 10.8. The number of benzene rings is 1. The molecule has 0 fully saturated rings. The molecule has 1 heterocycles. The number of amides is 2. The van der Waals surface area contributed by atoms with E-state index in [1.807, 2.05) is 0 Å². The Kier molecular flexibility index (Phi) is 8.47. The van der Waals surface area contributed by atoms with E-state index in [2.05, 4.69) is 15.4 Å². The molecule has 0 saturated carbocycles. The number of hydrogen-bond donors (Lipinski definition) is 6. The minimum atomic E-state index is -3.88. The van der Waals surface area contributed by atoms with Gasteiger partial charge in [-0.25, -0.2) is 13.1 Å². The number of amidine groups is 1. The van der Waals surface area contributed by atoms with Gasteiger partial charge in [0.1, 0.15) is 11.9 Å². The summed E-state index contributed by atoms with van der Waals surface area (Å²) in [5, 5.41) is 21.6. The fourth-order valence-corrected chi connectivity index (χ4v) is 4.52. The Hall–Kier alpha value is -2.80. The molecule has 2 amide bonds. The average molecular weight is 454 g/mol. The van der Waals surface area contributed by atoms with E-state index in [0.29, 0.717) is 10.4 Å². The van der Waals surface area contributed by atoms with Crippen LogP contribution in [0.25, 0.3) is 0 Å². The largest absolute Gasteiger partial charge is 0.394 e. The van der Waals surface area contributed by atoms with Crippen molar-refractivity contribution in [3.8, 4) is 0 Å². The molecule has 0 spiro atoms. The van der Waals surface area contributed by atoms with Crippen molar-refractivity contribution in [3.05, 3.63) is 57.8 Å². The Morgan fingerprint density at radius 2 is 1.83 bits per heavy atom. The number of carbonyl (C=O) groups is 2. The monoisotopic (exact) mass is 453 g/mol. The highest BCUT2D eigenvalue weighted by molar-refractivity contribution is 7.88. The lowest BCUT2D eigenvalue weighted by Crippen LogP contribution is -2.50. The van der Waals surface area contributed by atoms with Crippen LogP contribution in [0.1, 0.15) is 15.3 Å². The van der Waals surface area contributed by atoms with Gasteiger partial charge in [0.15, 0.2) is 0 Å². The Labute approximate surface area is 178 Å². The second-order valence-corrected chi connectivity index (χ2v) is 9.19. The van der Waals surface area contributed by atoms with Gasteiger partial charge < -0.3 is 21.5 Å². The van der Waals surface area contributed by atoms with Crippen LogP contribution in [0.4, 0.5) is 0 Å². The maximum atomic E-state index is 12.2. The van der Waals surface area contributed by atoms with Crippen molar-refractivity contribution in [3.63, 3.8) is 0 Å². The molecule has 0 unspecified atom stereocenters. The molecule has 0 bridgehead atoms. The SMILES string of the molecule is N=C(N)c1ccc(CNC(=O)CNC(=O)[C@@H](CO)NS(=O)(=O)Cc2ccccc2)s1. The number of carbonyl (C=O) groups excluding carboxylic acids is 2. The van der Waals surface area contributed by atoms with Gasteiger partial charge in [-0.3, -0.25) is 15.0 Å². The van der Waals surface area contributed by atoms with Gasteiger partial charge in [-0.2, -0.15) is 0 Å². The zero-order chi connectivity index (χ0) is 22.1. The van der Waals surface area contributed by atoms with Gasteiger partial charge in [-0.1, -0.05) is 30.3 Å². The van der Waals surface area contributed by atoms with Crippen LogP contribution in [-0.4, -0.2) is 50.4 Å². The van der Waals surface area contributed by atoms with Gasteiger partial charge in [0.2, 0.25) is 21.8 Å². The summed E-state index contributed by atoms with van der Waals surface area (Å²) in [5.74, 6) is -1.72. The molecule has 0 aliphatic carbocycles. The lowest BCUT2D eigenvalue weighted by atomic mass is 10.2. The number of sulfonamides is 1. The number of rotatable bonds is 11. The van der Waals surface area contributed by atoms with Gasteiger partial charge >= 0.3 is 0 Å². The van der Waals surface area contributed by atoms with Crippen LogP contribution in [-0.2, 0) is 31.9 Å².